The third-order valence-corrected chi connectivity index (χ3v) is 1.10. The molecule has 6 heteroatoms. The van der Waals surface area contributed by atoms with Gasteiger partial charge in [-0.1, -0.05) is 11.0 Å². The molecular weight excluding hydrogens is 170 g/mol. The number of H-pyrrole nitrogens is 1. The Labute approximate surface area is 73.3 Å². The first-order chi connectivity index (χ1) is 6.33. The molecule has 6 nitrogen and oxygen atoms in total. The van der Waals surface area contributed by atoms with Gasteiger partial charge in [0, 0.05) is 11.1 Å². The molecule has 0 fully saturated rings. The van der Waals surface area contributed by atoms with Crippen LogP contribution in [0, 0.1) is 11.8 Å². The summed E-state index contributed by atoms with van der Waals surface area (Å²) in [5.41, 5.74) is 8.09. The van der Waals surface area contributed by atoms with Gasteiger partial charge < -0.3 is 4.98 Å². The first-order valence-electron chi connectivity index (χ1n) is 3.37. The zero-order valence-electron chi connectivity index (χ0n) is 6.56. The third-order valence-electron chi connectivity index (χ3n) is 1.10. The van der Waals surface area contributed by atoms with Crippen LogP contribution in [0.1, 0.15) is 5.69 Å². The van der Waals surface area contributed by atoms with Gasteiger partial charge in [-0.25, -0.2) is 4.98 Å². The molecule has 0 saturated heterocycles. The largest absolute Gasteiger partial charge is 0.325 e. The molecule has 64 valence electrons. The van der Waals surface area contributed by atoms with Gasteiger partial charge in [0.25, 0.3) is 5.56 Å². The average Bonchev–Trinajstić information content (AvgIpc) is 2.15. The predicted molar refractivity (Wildman–Crippen MR) is 45.7 cm³/mol. The average molecular weight is 175 g/mol. The molecule has 0 spiro atoms. The van der Waals surface area contributed by atoms with Gasteiger partial charge in [-0.15, -0.1) is 0 Å². The minimum atomic E-state index is -0.277. The Morgan fingerprint density at radius 3 is 3.23 bits per heavy atom. The van der Waals surface area contributed by atoms with E-state index in [1.807, 2.05) is 0 Å². The van der Waals surface area contributed by atoms with Crippen LogP contribution in [-0.4, -0.2) is 16.5 Å². The lowest BCUT2D eigenvalue weighted by Gasteiger charge is -1.84. The van der Waals surface area contributed by atoms with Gasteiger partial charge in [-0.05, 0) is 11.5 Å². The Hall–Kier alpha value is -2.25. The van der Waals surface area contributed by atoms with E-state index in [1.54, 1.807) is 0 Å². The van der Waals surface area contributed by atoms with Crippen molar-refractivity contribution in [2.75, 3.05) is 6.54 Å². The second-order valence-electron chi connectivity index (χ2n) is 1.99. The maximum Gasteiger partial charge on any atom is 0.266 e. The SMILES string of the molecule is [N-]=[N+]=NCC#Cc1c[nH]c(=O)cn1. The molecule has 0 bridgehead atoms. The molecule has 1 N–H and O–H groups in total. The van der Waals surface area contributed by atoms with Crippen LogP contribution in [0.3, 0.4) is 0 Å². The number of nitrogens with one attached hydrogen (secondary N) is 1. The van der Waals surface area contributed by atoms with E-state index in [1.165, 1.54) is 6.20 Å². The van der Waals surface area contributed by atoms with Crippen LogP contribution < -0.4 is 5.56 Å². The van der Waals surface area contributed by atoms with Gasteiger partial charge in [0.2, 0.25) is 0 Å². The highest BCUT2D eigenvalue weighted by atomic mass is 16.1. The molecule has 0 saturated carbocycles. The Morgan fingerprint density at radius 1 is 1.77 bits per heavy atom. The van der Waals surface area contributed by atoms with Gasteiger partial charge in [-0.2, -0.15) is 0 Å². The van der Waals surface area contributed by atoms with Crippen molar-refractivity contribution < 1.29 is 0 Å². The molecule has 0 amide bonds. The molecule has 0 aliphatic carbocycles. The molecule has 1 rings (SSSR count). The van der Waals surface area contributed by atoms with Gasteiger partial charge in [0.15, 0.2) is 0 Å². The number of hydrogen-bond acceptors (Lipinski definition) is 3. The van der Waals surface area contributed by atoms with E-state index in [2.05, 4.69) is 31.8 Å². The summed E-state index contributed by atoms with van der Waals surface area (Å²) < 4.78 is 0. The van der Waals surface area contributed by atoms with Crippen LogP contribution in [0.25, 0.3) is 10.4 Å². The van der Waals surface area contributed by atoms with E-state index in [0.29, 0.717) is 5.69 Å². The summed E-state index contributed by atoms with van der Waals surface area (Å²) in [6.07, 6.45) is 2.53. The predicted octanol–water partition coefficient (Wildman–Crippen LogP) is 0.432. The molecule has 1 aromatic heterocycles. The zero-order chi connectivity index (χ0) is 9.52. The summed E-state index contributed by atoms with van der Waals surface area (Å²) in [5.74, 6) is 5.18. The highest BCUT2D eigenvalue weighted by Crippen LogP contribution is 1.81. The van der Waals surface area contributed by atoms with E-state index in [9.17, 15) is 4.79 Å². The van der Waals surface area contributed by atoms with Crippen LogP contribution in [-0.2, 0) is 0 Å². The smallest absolute Gasteiger partial charge is 0.266 e. The summed E-state index contributed by atoms with van der Waals surface area (Å²) in [7, 11) is 0. The minimum Gasteiger partial charge on any atom is -0.325 e. The zero-order valence-corrected chi connectivity index (χ0v) is 6.56. The second-order valence-corrected chi connectivity index (χ2v) is 1.99. The number of nitrogens with zero attached hydrogens (tertiary/aromatic N) is 4. The van der Waals surface area contributed by atoms with Gasteiger partial charge >= 0.3 is 0 Å². The number of aromatic nitrogens is 2. The monoisotopic (exact) mass is 175 g/mol. The molecule has 1 aromatic rings. The van der Waals surface area contributed by atoms with E-state index < -0.39 is 0 Å². The van der Waals surface area contributed by atoms with Crippen LogP contribution in [0.2, 0.25) is 0 Å². The topological polar surface area (TPSA) is 94.5 Å². The molecular formula is C7H5N5O. The third kappa shape index (κ3) is 3.10. The van der Waals surface area contributed by atoms with Crippen LogP contribution >= 0.6 is 0 Å². The first kappa shape index (κ1) is 8.84. The molecule has 13 heavy (non-hydrogen) atoms. The van der Waals surface area contributed by atoms with E-state index in [-0.39, 0.29) is 12.1 Å². The van der Waals surface area contributed by atoms with Crippen molar-refractivity contribution in [3.8, 4) is 11.8 Å². The lowest BCUT2D eigenvalue weighted by atomic mass is 10.4. The number of azide groups is 1. The summed E-state index contributed by atoms with van der Waals surface area (Å²) in [6, 6.07) is 0. The van der Waals surface area contributed by atoms with E-state index >= 15 is 0 Å². The highest BCUT2D eigenvalue weighted by Gasteiger charge is 1.85. The van der Waals surface area contributed by atoms with Gasteiger partial charge in [0.1, 0.15) is 5.69 Å². The van der Waals surface area contributed by atoms with Crippen molar-refractivity contribution in [1.29, 1.82) is 0 Å². The Bertz CT molecular complexity index is 425. The van der Waals surface area contributed by atoms with E-state index in [0.717, 1.165) is 6.20 Å². The lowest BCUT2D eigenvalue weighted by Crippen LogP contribution is -2.04. The molecule has 0 aliphatic heterocycles. The van der Waals surface area contributed by atoms with Crippen molar-refractivity contribution in [2.24, 2.45) is 5.11 Å². The quantitative estimate of drug-likeness (QED) is 0.290. The van der Waals surface area contributed by atoms with Gasteiger partial charge in [0.05, 0.1) is 12.7 Å². The molecule has 1 heterocycles. The summed E-state index contributed by atoms with van der Waals surface area (Å²) in [5, 5.41) is 3.21. The van der Waals surface area contributed by atoms with Crippen molar-refractivity contribution in [1.82, 2.24) is 9.97 Å². The number of hydrogen-bond donors (Lipinski definition) is 1. The second kappa shape index (κ2) is 4.59. The van der Waals surface area contributed by atoms with Crippen LogP contribution in [0.5, 0.6) is 0 Å². The normalized spacial score (nSPS) is 8.00. The summed E-state index contributed by atoms with van der Waals surface area (Å²) >= 11 is 0. The molecule has 0 unspecified atom stereocenters. The fourth-order valence-electron chi connectivity index (χ4n) is 0.608. The van der Waals surface area contributed by atoms with Crippen molar-refractivity contribution in [3.63, 3.8) is 0 Å². The Kier molecular flexibility index (Phi) is 3.12. The van der Waals surface area contributed by atoms with Crippen LogP contribution in [0.15, 0.2) is 22.3 Å². The number of rotatable bonds is 1. The molecule has 0 radical (unpaired) electrons. The van der Waals surface area contributed by atoms with E-state index in [4.69, 9.17) is 5.53 Å². The molecule has 0 aliphatic rings. The molecule has 0 aromatic carbocycles. The van der Waals surface area contributed by atoms with Gasteiger partial charge in [-0.3, -0.25) is 4.79 Å². The summed E-state index contributed by atoms with van der Waals surface area (Å²) in [4.78, 5) is 19.2. The van der Waals surface area contributed by atoms with Crippen LogP contribution in [0.4, 0.5) is 0 Å². The maximum atomic E-state index is 10.6. The van der Waals surface area contributed by atoms with Crippen molar-refractivity contribution in [2.45, 2.75) is 0 Å². The van der Waals surface area contributed by atoms with Crippen molar-refractivity contribution in [3.05, 3.63) is 38.9 Å². The highest BCUT2D eigenvalue weighted by molar-refractivity contribution is 5.24. The first-order valence-corrected chi connectivity index (χ1v) is 3.37. The lowest BCUT2D eigenvalue weighted by molar-refractivity contribution is 1.12. The summed E-state index contributed by atoms with van der Waals surface area (Å²) in [6.45, 7) is 0.0946. The Balaban J connectivity index is 2.72. The maximum absolute atomic E-state index is 10.6. The van der Waals surface area contributed by atoms with Crippen molar-refractivity contribution >= 4 is 0 Å². The Morgan fingerprint density at radius 2 is 2.62 bits per heavy atom. The molecule has 0 atom stereocenters. The minimum absolute atomic E-state index is 0.0946. The number of aromatic amines is 1. The standard InChI is InChI=1S/C7H5N5O/c8-12-11-3-1-2-6-4-10-7(13)5-9-6/h4-5H,3H2,(H,10,13). The fourth-order valence-corrected chi connectivity index (χ4v) is 0.608. The fraction of sp³-hybridized carbons (Fsp3) is 0.143.